The van der Waals surface area contributed by atoms with Crippen molar-refractivity contribution in [3.8, 4) is 0 Å². The first-order valence-electron chi connectivity index (χ1n) is 7.14. The maximum atomic E-state index is 12.0. The summed E-state index contributed by atoms with van der Waals surface area (Å²) >= 11 is 0. The molecule has 0 unspecified atom stereocenters. The number of piperidine rings is 1. The van der Waals surface area contributed by atoms with Gasteiger partial charge in [-0.25, -0.2) is 12.7 Å². The molecule has 2 rings (SSSR count). The van der Waals surface area contributed by atoms with Gasteiger partial charge in [0, 0.05) is 19.1 Å². The molecule has 1 aliphatic rings. The summed E-state index contributed by atoms with van der Waals surface area (Å²) in [5, 5.41) is 2.99. The predicted molar refractivity (Wildman–Crippen MR) is 82.5 cm³/mol. The van der Waals surface area contributed by atoms with E-state index in [0.29, 0.717) is 32.4 Å². The molecule has 0 spiro atoms. The van der Waals surface area contributed by atoms with E-state index in [9.17, 15) is 13.2 Å². The van der Waals surface area contributed by atoms with Gasteiger partial charge in [0.25, 0.3) is 0 Å². The van der Waals surface area contributed by atoms with E-state index < -0.39 is 10.0 Å². The molecule has 1 aromatic carbocycles. The summed E-state index contributed by atoms with van der Waals surface area (Å²) in [5.41, 5.74) is 2.17. The number of nitrogens with one attached hydrogen (secondary N) is 1. The van der Waals surface area contributed by atoms with Gasteiger partial charge in [0.1, 0.15) is 0 Å². The zero-order valence-corrected chi connectivity index (χ0v) is 13.3. The molecule has 0 bridgehead atoms. The molecule has 6 heteroatoms. The Balaban J connectivity index is 1.80. The van der Waals surface area contributed by atoms with Crippen LogP contribution in [0.25, 0.3) is 0 Å². The van der Waals surface area contributed by atoms with Crippen molar-refractivity contribution < 1.29 is 13.2 Å². The lowest BCUT2D eigenvalue weighted by Crippen LogP contribution is -2.46. The zero-order valence-electron chi connectivity index (χ0n) is 12.5. The molecule has 1 aromatic rings. The Labute approximate surface area is 126 Å². The van der Waals surface area contributed by atoms with Crippen LogP contribution < -0.4 is 5.32 Å². The van der Waals surface area contributed by atoms with E-state index in [1.54, 1.807) is 0 Å². The van der Waals surface area contributed by atoms with Gasteiger partial charge in [0.2, 0.25) is 15.9 Å². The van der Waals surface area contributed by atoms with Crippen molar-refractivity contribution in [1.82, 2.24) is 9.62 Å². The second-order valence-electron chi connectivity index (χ2n) is 5.67. The molecule has 1 saturated heterocycles. The van der Waals surface area contributed by atoms with Crippen molar-refractivity contribution in [3.63, 3.8) is 0 Å². The predicted octanol–water partition coefficient (Wildman–Crippen LogP) is 1.08. The Morgan fingerprint density at radius 1 is 1.24 bits per heavy atom. The topological polar surface area (TPSA) is 66.5 Å². The van der Waals surface area contributed by atoms with E-state index in [2.05, 4.69) is 5.32 Å². The standard InChI is InChI=1S/C15H22N2O3S/c1-12-3-5-13(6-4-12)11-15(18)16-14-7-9-17(10-8-14)21(2,19)20/h3-6,14H,7-11H2,1-2H3,(H,16,18). The van der Waals surface area contributed by atoms with Gasteiger partial charge in [-0.15, -0.1) is 0 Å². The number of hydrogen-bond donors (Lipinski definition) is 1. The molecule has 1 amide bonds. The van der Waals surface area contributed by atoms with Gasteiger partial charge < -0.3 is 5.32 Å². The lowest BCUT2D eigenvalue weighted by Gasteiger charge is -2.30. The molecule has 1 fully saturated rings. The molecule has 21 heavy (non-hydrogen) atoms. The maximum Gasteiger partial charge on any atom is 0.224 e. The number of benzene rings is 1. The Kier molecular flexibility index (Phi) is 5.00. The summed E-state index contributed by atoms with van der Waals surface area (Å²) in [6.45, 7) is 2.97. The van der Waals surface area contributed by atoms with Gasteiger partial charge in [0.05, 0.1) is 12.7 Å². The first-order chi connectivity index (χ1) is 9.84. The molecular weight excluding hydrogens is 288 g/mol. The average molecular weight is 310 g/mol. The Bertz CT molecular complexity index is 588. The van der Waals surface area contributed by atoms with Gasteiger partial charge in [-0.3, -0.25) is 4.79 Å². The highest BCUT2D eigenvalue weighted by atomic mass is 32.2. The molecular formula is C15H22N2O3S. The second-order valence-corrected chi connectivity index (χ2v) is 7.65. The molecule has 0 radical (unpaired) electrons. The van der Waals surface area contributed by atoms with Crippen LogP contribution >= 0.6 is 0 Å². The highest BCUT2D eigenvalue weighted by molar-refractivity contribution is 7.88. The highest BCUT2D eigenvalue weighted by Gasteiger charge is 2.25. The Hall–Kier alpha value is -1.40. The van der Waals surface area contributed by atoms with Crippen molar-refractivity contribution >= 4 is 15.9 Å². The zero-order chi connectivity index (χ0) is 15.5. The fraction of sp³-hybridized carbons (Fsp3) is 0.533. The van der Waals surface area contributed by atoms with Crippen molar-refractivity contribution in [2.45, 2.75) is 32.2 Å². The molecule has 0 aliphatic carbocycles. The number of sulfonamides is 1. The minimum absolute atomic E-state index is 0.00309. The van der Waals surface area contributed by atoms with Gasteiger partial charge in [-0.1, -0.05) is 29.8 Å². The van der Waals surface area contributed by atoms with Crippen molar-refractivity contribution in [1.29, 1.82) is 0 Å². The number of carbonyl (C=O) groups is 1. The third kappa shape index (κ3) is 4.82. The first-order valence-corrected chi connectivity index (χ1v) is 8.99. The van der Waals surface area contributed by atoms with Crippen LogP contribution in [-0.4, -0.2) is 44.0 Å². The number of amides is 1. The molecule has 0 saturated carbocycles. The monoisotopic (exact) mass is 310 g/mol. The number of nitrogens with zero attached hydrogens (tertiary/aromatic N) is 1. The smallest absolute Gasteiger partial charge is 0.224 e. The van der Waals surface area contributed by atoms with Crippen LogP contribution in [0.2, 0.25) is 0 Å². The lowest BCUT2D eigenvalue weighted by atomic mass is 10.1. The van der Waals surface area contributed by atoms with Crippen molar-refractivity contribution in [3.05, 3.63) is 35.4 Å². The Morgan fingerprint density at radius 2 is 1.81 bits per heavy atom. The summed E-state index contributed by atoms with van der Waals surface area (Å²) < 4.78 is 24.3. The normalized spacial score (nSPS) is 17.6. The van der Waals surface area contributed by atoms with E-state index in [0.717, 1.165) is 5.56 Å². The highest BCUT2D eigenvalue weighted by Crippen LogP contribution is 2.13. The summed E-state index contributed by atoms with van der Waals surface area (Å²) in [4.78, 5) is 12.0. The number of carbonyl (C=O) groups excluding carboxylic acids is 1. The van der Waals surface area contributed by atoms with Crippen LogP contribution in [0.15, 0.2) is 24.3 Å². The minimum Gasteiger partial charge on any atom is -0.353 e. The minimum atomic E-state index is -3.11. The van der Waals surface area contributed by atoms with E-state index in [1.807, 2.05) is 31.2 Å². The van der Waals surface area contributed by atoms with Gasteiger partial charge in [-0.2, -0.15) is 0 Å². The fourth-order valence-electron chi connectivity index (χ4n) is 2.50. The third-order valence-electron chi connectivity index (χ3n) is 3.77. The second kappa shape index (κ2) is 6.58. The van der Waals surface area contributed by atoms with Gasteiger partial charge in [-0.05, 0) is 25.3 Å². The number of rotatable bonds is 4. The van der Waals surface area contributed by atoms with E-state index in [4.69, 9.17) is 0 Å². The molecule has 0 atom stereocenters. The summed E-state index contributed by atoms with van der Waals surface area (Å²) in [6.07, 6.45) is 2.94. The van der Waals surface area contributed by atoms with Crippen LogP contribution in [0.1, 0.15) is 24.0 Å². The molecule has 1 aliphatic heterocycles. The fourth-order valence-corrected chi connectivity index (χ4v) is 3.38. The molecule has 116 valence electrons. The van der Waals surface area contributed by atoms with Crippen molar-refractivity contribution in [2.75, 3.05) is 19.3 Å². The van der Waals surface area contributed by atoms with Crippen molar-refractivity contribution in [2.24, 2.45) is 0 Å². The van der Waals surface area contributed by atoms with Gasteiger partial charge in [0.15, 0.2) is 0 Å². The quantitative estimate of drug-likeness (QED) is 0.905. The van der Waals surface area contributed by atoms with E-state index in [1.165, 1.54) is 16.1 Å². The third-order valence-corrected chi connectivity index (χ3v) is 5.08. The average Bonchev–Trinajstić information content (AvgIpc) is 2.41. The largest absolute Gasteiger partial charge is 0.353 e. The SMILES string of the molecule is Cc1ccc(CC(=O)NC2CCN(S(C)(=O)=O)CC2)cc1. The molecule has 1 heterocycles. The van der Waals surface area contributed by atoms with Crippen LogP contribution in [0, 0.1) is 6.92 Å². The van der Waals surface area contributed by atoms with Crippen LogP contribution in [0.5, 0.6) is 0 Å². The van der Waals surface area contributed by atoms with Crippen LogP contribution in [0.3, 0.4) is 0 Å². The number of aryl methyl sites for hydroxylation is 1. The Morgan fingerprint density at radius 3 is 2.33 bits per heavy atom. The summed E-state index contributed by atoms with van der Waals surface area (Å²) in [5.74, 6) is -0.00309. The molecule has 0 aromatic heterocycles. The van der Waals surface area contributed by atoms with E-state index in [-0.39, 0.29) is 11.9 Å². The summed E-state index contributed by atoms with van der Waals surface area (Å²) in [6, 6.07) is 7.98. The van der Waals surface area contributed by atoms with Crippen LogP contribution in [-0.2, 0) is 21.2 Å². The lowest BCUT2D eigenvalue weighted by molar-refractivity contribution is -0.121. The number of hydrogen-bond acceptors (Lipinski definition) is 3. The summed E-state index contributed by atoms with van der Waals surface area (Å²) in [7, 11) is -3.11. The maximum absolute atomic E-state index is 12.0. The van der Waals surface area contributed by atoms with E-state index >= 15 is 0 Å². The molecule has 1 N–H and O–H groups in total. The first kappa shape index (κ1) is 16.0. The molecule has 5 nitrogen and oxygen atoms in total. The van der Waals surface area contributed by atoms with Gasteiger partial charge >= 0.3 is 0 Å². The van der Waals surface area contributed by atoms with Crippen LogP contribution in [0.4, 0.5) is 0 Å².